The maximum atomic E-state index is 12.9. The van der Waals surface area contributed by atoms with Gasteiger partial charge in [-0.3, -0.25) is 9.59 Å². The van der Waals surface area contributed by atoms with E-state index in [-0.39, 0.29) is 30.9 Å². The Balaban J connectivity index is 4.31. The number of hydrogen-bond acceptors (Lipinski definition) is 5. The smallest absolute Gasteiger partial charge is 0.323 e. The molecule has 0 aliphatic carbocycles. The number of unbranched alkanes of at least 4 members (excludes halogenated alkanes) is 23. The molecule has 0 fully saturated rings. The zero-order valence-electron chi connectivity index (χ0n) is 34.1. The van der Waals surface area contributed by atoms with E-state index in [9.17, 15) is 9.59 Å². The van der Waals surface area contributed by atoms with E-state index in [1.165, 1.54) is 161 Å². The van der Waals surface area contributed by atoms with Crippen LogP contribution in [0.25, 0.3) is 0 Å². The Hall–Kier alpha value is -1.62. The quantitative estimate of drug-likeness (QED) is 0.0399. The third kappa shape index (κ3) is 36.2. The Morgan fingerprint density at radius 3 is 1.22 bits per heavy atom. The van der Waals surface area contributed by atoms with Gasteiger partial charge in [0.25, 0.3) is 0 Å². The van der Waals surface area contributed by atoms with Crippen molar-refractivity contribution in [3.63, 3.8) is 0 Å². The number of allylic oxidation sites excluding steroid dienone is 4. The van der Waals surface area contributed by atoms with Crippen molar-refractivity contribution in [2.45, 2.75) is 251 Å². The summed E-state index contributed by atoms with van der Waals surface area (Å²) in [4.78, 5) is 25.0. The summed E-state index contributed by atoms with van der Waals surface area (Å²) in [5.74, 6) is -0.703. The standard InChI is InChI=1S/C45H85NO4/c1-6-8-10-12-14-16-18-20-22-24-26-28-30-32-34-36-38-41(49-44(48)42(46)39-40-43(47)50-45(3,4)5)37-35-33-31-29-27-25-23-21-19-17-15-13-11-9-7-2/h20-23,41-42H,6-19,24-40,46H2,1-5H3/b22-20-,23-21-. The van der Waals surface area contributed by atoms with Gasteiger partial charge in [-0.1, -0.05) is 147 Å². The first-order valence-electron chi connectivity index (χ1n) is 21.7. The molecule has 0 saturated heterocycles. The van der Waals surface area contributed by atoms with E-state index in [1.54, 1.807) is 0 Å². The minimum atomic E-state index is -0.793. The number of ether oxygens (including phenoxy) is 2. The first-order valence-corrected chi connectivity index (χ1v) is 21.7. The predicted octanol–water partition coefficient (Wildman–Crippen LogP) is 13.8. The molecule has 0 rings (SSSR count). The highest BCUT2D eigenvalue weighted by atomic mass is 16.6. The van der Waals surface area contributed by atoms with E-state index >= 15 is 0 Å². The molecule has 0 bridgehead atoms. The van der Waals surface area contributed by atoms with Gasteiger partial charge in [0.15, 0.2) is 0 Å². The summed E-state index contributed by atoms with van der Waals surface area (Å²) in [7, 11) is 0. The van der Waals surface area contributed by atoms with Crippen LogP contribution in [0.2, 0.25) is 0 Å². The van der Waals surface area contributed by atoms with Gasteiger partial charge in [0, 0.05) is 6.42 Å². The SMILES string of the molecule is CCCCCCCC/C=C\CCCCCCCCC(CCCCCCC/C=C\CCCCCCCC)OC(=O)C(N)CCC(=O)OC(C)(C)C. The van der Waals surface area contributed by atoms with Gasteiger partial charge in [-0.25, -0.2) is 0 Å². The van der Waals surface area contributed by atoms with E-state index in [0.717, 1.165) is 25.7 Å². The normalized spacial score (nSPS) is 13.3. The molecular weight excluding hydrogens is 618 g/mol. The lowest BCUT2D eigenvalue weighted by Crippen LogP contribution is -2.36. The fraction of sp³-hybridized carbons (Fsp3) is 0.867. The second kappa shape index (κ2) is 35.8. The molecular formula is C45H85NO4. The number of rotatable bonds is 36. The first kappa shape index (κ1) is 48.4. The van der Waals surface area contributed by atoms with Gasteiger partial charge in [-0.15, -0.1) is 0 Å². The lowest BCUT2D eigenvalue weighted by atomic mass is 10.0. The topological polar surface area (TPSA) is 78.6 Å². The van der Waals surface area contributed by atoms with Gasteiger partial charge in [-0.05, 0) is 104 Å². The molecule has 0 spiro atoms. The Kier molecular flexibility index (Phi) is 34.6. The van der Waals surface area contributed by atoms with E-state index < -0.39 is 11.6 Å². The molecule has 294 valence electrons. The van der Waals surface area contributed by atoms with Gasteiger partial charge in [0.1, 0.15) is 17.7 Å². The molecule has 5 heteroatoms. The Bertz CT molecular complexity index is 814. The molecule has 5 nitrogen and oxygen atoms in total. The number of carbonyl (C=O) groups is 2. The summed E-state index contributed by atoms with van der Waals surface area (Å²) < 4.78 is 11.3. The van der Waals surface area contributed by atoms with Crippen molar-refractivity contribution in [1.82, 2.24) is 0 Å². The van der Waals surface area contributed by atoms with Crippen LogP contribution in [0.5, 0.6) is 0 Å². The maximum Gasteiger partial charge on any atom is 0.323 e. The van der Waals surface area contributed by atoms with Crippen LogP contribution in [0.15, 0.2) is 24.3 Å². The van der Waals surface area contributed by atoms with Crippen molar-refractivity contribution in [2.75, 3.05) is 0 Å². The number of carbonyl (C=O) groups excluding carboxylic acids is 2. The van der Waals surface area contributed by atoms with Crippen molar-refractivity contribution >= 4 is 11.9 Å². The minimum Gasteiger partial charge on any atom is -0.461 e. The van der Waals surface area contributed by atoms with Gasteiger partial charge >= 0.3 is 11.9 Å². The molecule has 0 aliphatic rings. The Labute approximate surface area is 311 Å². The lowest BCUT2D eigenvalue weighted by Gasteiger charge is -2.22. The molecule has 0 aromatic heterocycles. The molecule has 2 unspecified atom stereocenters. The highest BCUT2D eigenvalue weighted by Crippen LogP contribution is 2.19. The molecule has 0 heterocycles. The van der Waals surface area contributed by atoms with Crippen molar-refractivity contribution in [3.8, 4) is 0 Å². The molecule has 0 amide bonds. The van der Waals surface area contributed by atoms with Crippen LogP contribution < -0.4 is 5.73 Å². The highest BCUT2D eigenvalue weighted by Gasteiger charge is 2.23. The average Bonchev–Trinajstić information content (AvgIpc) is 3.07. The molecule has 2 atom stereocenters. The maximum absolute atomic E-state index is 12.9. The van der Waals surface area contributed by atoms with Gasteiger partial charge in [0.2, 0.25) is 0 Å². The zero-order chi connectivity index (χ0) is 37.0. The van der Waals surface area contributed by atoms with Crippen LogP contribution in [0.4, 0.5) is 0 Å². The van der Waals surface area contributed by atoms with Gasteiger partial charge in [-0.2, -0.15) is 0 Å². The fourth-order valence-electron chi connectivity index (χ4n) is 6.36. The molecule has 0 aliphatic heterocycles. The van der Waals surface area contributed by atoms with E-state index in [1.807, 2.05) is 20.8 Å². The second-order valence-electron chi connectivity index (χ2n) is 15.9. The summed E-state index contributed by atoms with van der Waals surface area (Å²) in [6.07, 6.45) is 46.2. The minimum absolute atomic E-state index is 0.0863. The van der Waals surface area contributed by atoms with Crippen molar-refractivity contribution in [3.05, 3.63) is 24.3 Å². The summed E-state index contributed by atoms with van der Waals surface area (Å²) >= 11 is 0. The third-order valence-electron chi connectivity index (χ3n) is 9.49. The van der Waals surface area contributed by atoms with Crippen LogP contribution in [-0.2, 0) is 19.1 Å². The van der Waals surface area contributed by atoms with Crippen LogP contribution in [-0.4, -0.2) is 29.7 Å². The number of nitrogens with two attached hydrogens (primary N) is 1. The third-order valence-corrected chi connectivity index (χ3v) is 9.49. The van der Waals surface area contributed by atoms with E-state index in [2.05, 4.69) is 38.2 Å². The largest absolute Gasteiger partial charge is 0.461 e. The van der Waals surface area contributed by atoms with Crippen molar-refractivity contribution in [2.24, 2.45) is 5.73 Å². The molecule has 50 heavy (non-hydrogen) atoms. The second-order valence-corrected chi connectivity index (χ2v) is 15.9. The van der Waals surface area contributed by atoms with Crippen LogP contribution >= 0.6 is 0 Å². The zero-order valence-corrected chi connectivity index (χ0v) is 34.1. The van der Waals surface area contributed by atoms with E-state index in [0.29, 0.717) is 0 Å². The van der Waals surface area contributed by atoms with Gasteiger partial charge < -0.3 is 15.2 Å². The molecule has 0 aromatic rings. The summed E-state index contributed by atoms with van der Waals surface area (Å²) in [5.41, 5.74) is 5.62. The van der Waals surface area contributed by atoms with Crippen LogP contribution in [0.1, 0.15) is 234 Å². The lowest BCUT2D eigenvalue weighted by molar-refractivity contribution is -0.155. The van der Waals surface area contributed by atoms with Crippen LogP contribution in [0, 0.1) is 0 Å². The monoisotopic (exact) mass is 704 g/mol. The molecule has 2 N–H and O–H groups in total. The van der Waals surface area contributed by atoms with Crippen LogP contribution in [0.3, 0.4) is 0 Å². The highest BCUT2D eigenvalue weighted by molar-refractivity contribution is 5.77. The predicted molar refractivity (Wildman–Crippen MR) is 216 cm³/mol. The molecule has 0 saturated carbocycles. The summed E-state index contributed by atoms with van der Waals surface area (Å²) in [6.45, 7) is 10.1. The van der Waals surface area contributed by atoms with E-state index in [4.69, 9.17) is 15.2 Å². The Morgan fingerprint density at radius 2 is 0.860 bits per heavy atom. The average molecular weight is 704 g/mol. The fourth-order valence-corrected chi connectivity index (χ4v) is 6.36. The molecule has 0 radical (unpaired) electrons. The van der Waals surface area contributed by atoms with Crippen molar-refractivity contribution < 1.29 is 19.1 Å². The first-order chi connectivity index (χ1) is 24.2. The molecule has 0 aromatic carbocycles. The Morgan fingerprint density at radius 1 is 0.520 bits per heavy atom. The summed E-state index contributed by atoms with van der Waals surface area (Å²) in [6, 6.07) is -0.793. The van der Waals surface area contributed by atoms with Gasteiger partial charge in [0.05, 0.1) is 0 Å². The van der Waals surface area contributed by atoms with Crippen molar-refractivity contribution in [1.29, 1.82) is 0 Å². The number of esters is 2. The summed E-state index contributed by atoms with van der Waals surface area (Å²) in [5, 5.41) is 0. The number of hydrogen-bond donors (Lipinski definition) is 1.